The van der Waals surface area contributed by atoms with Gasteiger partial charge in [0.2, 0.25) is 11.1 Å². The fraction of sp³-hybridized carbons (Fsp3) is 0.692. The highest BCUT2D eigenvalue weighted by Crippen LogP contribution is 2.33. The molecule has 7 nitrogen and oxygen atoms in total. The number of imide groups is 1. The molecule has 2 heterocycles. The number of aromatic amines is 1. The lowest BCUT2D eigenvalue weighted by Crippen LogP contribution is -2.38. The summed E-state index contributed by atoms with van der Waals surface area (Å²) in [4.78, 5) is 29.4. The van der Waals surface area contributed by atoms with E-state index in [4.69, 9.17) is 0 Å². The highest BCUT2D eigenvalue weighted by atomic mass is 32.2. The van der Waals surface area contributed by atoms with Gasteiger partial charge < -0.3 is 5.32 Å². The zero-order chi connectivity index (χ0) is 14.8. The molecule has 1 aliphatic heterocycles. The number of nitrogens with zero attached hydrogens (tertiary/aromatic N) is 3. The Morgan fingerprint density at radius 2 is 2.19 bits per heavy atom. The third kappa shape index (κ3) is 3.04. The molecule has 0 bridgehead atoms. The van der Waals surface area contributed by atoms with Crippen LogP contribution in [0.5, 0.6) is 0 Å². The molecular formula is C13H19N5O2S. The summed E-state index contributed by atoms with van der Waals surface area (Å²) >= 11 is 1.30. The minimum absolute atomic E-state index is 0.192. The summed E-state index contributed by atoms with van der Waals surface area (Å²) in [6.07, 6.45) is 4.79. The molecular weight excluding hydrogens is 290 g/mol. The van der Waals surface area contributed by atoms with Gasteiger partial charge in [-0.05, 0) is 19.8 Å². The normalized spacial score (nSPS) is 20.8. The zero-order valence-electron chi connectivity index (χ0n) is 12.0. The van der Waals surface area contributed by atoms with Crippen molar-refractivity contribution in [3.63, 3.8) is 0 Å². The maximum atomic E-state index is 12.2. The molecule has 1 aromatic heterocycles. The number of carbonyl (C=O) groups is 2. The Bertz CT molecular complexity index is 540. The number of hydrogen-bond donors (Lipinski definition) is 2. The molecule has 1 aromatic rings. The number of thioether (sulfide) groups is 1. The summed E-state index contributed by atoms with van der Waals surface area (Å²) in [6.45, 7) is 2.74. The summed E-state index contributed by atoms with van der Waals surface area (Å²) in [5.41, 5.74) is 0. The van der Waals surface area contributed by atoms with Crippen LogP contribution in [0.15, 0.2) is 5.16 Å². The van der Waals surface area contributed by atoms with Gasteiger partial charge in [-0.2, -0.15) is 0 Å². The Morgan fingerprint density at radius 1 is 1.43 bits per heavy atom. The lowest BCUT2D eigenvalue weighted by molar-refractivity contribution is -0.126. The molecule has 0 spiro atoms. The molecule has 8 heteroatoms. The van der Waals surface area contributed by atoms with Gasteiger partial charge in [-0.15, -0.1) is 5.10 Å². The molecule has 21 heavy (non-hydrogen) atoms. The first-order valence-electron chi connectivity index (χ1n) is 7.33. The Hall–Kier alpha value is -1.57. The number of carbonyl (C=O) groups excluding carboxylic acids is 2. The number of hydrogen-bond acceptors (Lipinski definition) is 5. The molecule has 0 radical (unpaired) electrons. The SMILES string of the molecule is C[C@@H](Sc1n[nH]c(C2CCCC2)n1)C(=O)N1CCNC1=O. The largest absolute Gasteiger partial charge is 0.336 e. The van der Waals surface area contributed by atoms with Gasteiger partial charge >= 0.3 is 6.03 Å². The van der Waals surface area contributed by atoms with E-state index in [9.17, 15) is 9.59 Å². The molecule has 2 aliphatic rings. The van der Waals surface area contributed by atoms with E-state index in [2.05, 4.69) is 20.5 Å². The van der Waals surface area contributed by atoms with Crippen molar-refractivity contribution in [2.75, 3.05) is 13.1 Å². The van der Waals surface area contributed by atoms with E-state index in [0.717, 1.165) is 18.7 Å². The van der Waals surface area contributed by atoms with Gasteiger partial charge in [-0.3, -0.25) is 14.8 Å². The average Bonchev–Trinajstić information content (AvgIpc) is 3.17. The van der Waals surface area contributed by atoms with Crippen LogP contribution in [0.4, 0.5) is 4.79 Å². The number of nitrogens with one attached hydrogen (secondary N) is 2. The topological polar surface area (TPSA) is 91.0 Å². The second kappa shape index (κ2) is 6.05. The van der Waals surface area contributed by atoms with Gasteiger partial charge in [0, 0.05) is 19.0 Å². The summed E-state index contributed by atoms with van der Waals surface area (Å²) in [5, 5.41) is 10.0. The predicted molar refractivity (Wildman–Crippen MR) is 78.0 cm³/mol. The highest BCUT2D eigenvalue weighted by Gasteiger charge is 2.31. The first-order valence-corrected chi connectivity index (χ1v) is 8.21. The van der Waals surface area contributed by atoms with Gasteiger partial charge in [0.25, 0.3) is 0 Å². The van der Waals surface area contributed by atoms with E-state index in [0.29, 0.717) is 24.2 Å². The monoisotopic (exact) mass is 309 g/mol. The smallest absolute Gasteiger partial charge is 0.324 e. The third-order valence-corrected chi connectivity index (χ3v) is 4.93. The van der Waals surface area contributed by atoms with E-state index in [-0.39, 0.29) is 17.2 Å². The fourth-order valence-corrected chi connectivity index (χ4v) is 3.60. The maximum absolute atomic E-state index is 12.2. The standard InChI is InChI=1S/C13H19N5O2S/c1-8(11(19)18-7-6-14-13(18)20)21-12-15-10(16-17-12)9-4-2-3-5-9/h8-9H,2-7H2,1H3,(H,14,20)(H,15,16,17)/t8-/m1/s1. The van der Waals surface area contributed by atoms with Crippen molar-refractivity contribution in [2.45, 2.75) is 48.9 Å². The van der Waals surface area contributed by atoms with Gasteiger partial charge in [-0.25, -0.2) is 9.78 Å². The molecule has 2 fully saturated rings. The third-order valence-electron chi connectivity index (χ3n) is 3.98. The number of H-pyrrole nitrogens is 1. The minimum atomic E-state index is -0.374. The van der Waals surface area contributed by atoms with Crippen LogP contribution in [0.2, 0.25) is 0 Å². The average molecular weight is 309 g/mol. The number of rotatable bonds is 4. The lowest BCUT2D eigenvalue weighted by atomic mass is 10.1. The van der Waals surface area contributed by atoms with Crippen LogP contribution >= 0.6 is 11.8 Å². The molecule has 1 atom stereocenters. The molecule has 1 aliphatic carbocycles. The van der Waals surface area contributed by atoms with E-state index in [1.165, 1.54) is 29.5 Å². The van der Waals surface area contributed by atoms with Crippen LogP contribution in [0.3, 0.4) is 0 Å². The molecule has 3 rings (SSSR count). The van der Waals surface area contributed by atoms with Gasteiger partial charge in [-0.1, -0.05) is 24.6 Å². The molecule has 114 valence electrons. The van der Waals surface area contributed by atoms with Crippen molar-refractivity contribution < 1.29 is 9.59 Å². The van der Waals surface area contributed by atoms with E-state index in [1.807, 2.05) is 0 Å². The molecule has 1 saturated heterocycles. The summed E-state index contributed by atoms with van der Waals surface area (Å²) in [7, 11) is 0. The van der Waals surface area contributed by atoms with Crippen LogP contribution in [0.25, 0.3) is 0 Å². The van der Waals surface area contributed by atoms with Gasteiger partial charge in [0.15, 0.2) is 0 Å². The summed E-state index contributed by atoms with van der Waals surface area (Å²) in [6, 6.07) is -0.311. The first-order chi connectivity index (χ1) is 10.1. The van der Waals surface area contributed by atoms with Crippen LogP contribution in [-0.2, 0) is 4.79 Å². The first kappa shape index (κ1) is 14.4. The minimum Gasteiger partial charge on any atom is -0.336 e. The fourth-order valence-electron chi connectivity index (χ4n) is 2.80. The lowest BCUT2D eigenvalue weighted by Gasteiger charge is -2.16. The highest BCUT2D eigenvalue weighted by molar-refractivity contribution is 8.00. The maximum Gasteiger partial charge on any atom is 0.324 e. The van der Waals surface area contributed by atoms with Crippen LogP contribution in [0.1, 0.15) is 44.3 Å². The van der Waals surface area contributed by atoms with Crippen molar-refractivity contribution >= 4 is 23.7 Å². The quantitative estimate of drug-likeness (QED) is 0.822. The second-order valence-electron chi connectivity index (χ2n) is 5.47. The Kier molecular flexibility index (Phi) is 4.14. The summed E-state index contributed by atoms with van der Waals surface area (Å²) in [5.74, 6) is 1.21. The van der Waals surface area contributed by atoms with E-state index < -0.39 is 0 Å². The summed E-state index contributed by atoms with van der Waals surface area (Å²) < 4.78 is 0. The van der Waals surface area contributed by atoms with Gasteiger partial charge in [0.05, 0.1) is 5.25 Å². The van der Waals surface area contributed by atoms with Crippen molar-refractivity contribution in [3.05, 3.63) is 5.82 Å². The van der Waals surface area contributed by atoms with Gasteiger partial charge in [0.1, 0.15) is 5.82 Å². The molecule has 0 aromatic carbocycles. The van der Waals surface area contributed by atoms with Crippen molar-refractivity contribution in [3.8, 4) is 0 Å². The van der Waals surface area contributed by atoms with E-state index in [1.54, 1.807) is 6.92 Å². The van der Waals surface area contributed by atoms with Crippen LogP contribution in [0, 0.1) is 0 Å². The van der Waals surface area contributed by atoms with Crippen molar-refractivity contribution in [1.82, 2.24) is 25.4 Å². The second-order valence-corrected chi connectivity index (χ2v) is 6.77. The van der Waals surface area contributed by atoms with Crippen LogP contribution < -0.4 is 5.32 Å². The Labute approximate surface area is 127 Å². The molecule has 0 unspecified atom stereocenters. The predicted octanol–water partition coefficient (Wildman–Crippen LogP) is 1.49. The zero-order valence-corrected chi connectivity index (χ0v) is 12.8. The number of amides is 3. The van der Waals surface area contributed by atoms with E-state index >= 15 is 0 Å². The molecule has 1 saturated carbocycles. The number of urea groups is 1. The van der Waals surface area contributed by atoms with Crippen molar-refractivity contribution in [2.24, 2.45) is 0 Å². The Morgan fingerprint density at radius 3 is 2.86 bits per heavy atom. The molecule has 3 amide bonds. The van der Waals surface area contributed by atoms with Crippen LogP contribution in [-0.4, -0.2) is 50.4 Å². The Balaban J connectivity index is 1.60. The van der Waals surface area contributed by atoms with Crippen molar-refractivity contribution in [1.29, 1.82) is 0 Å². The molecule has 2 N–H and O–H groups in total. The number of aromatic nitrogens is 3.